The van der Waals surface area contributed by atoms with Crippen LogP contribution in [0.15, 0.2) is 51.1 Å². The van der Waals surface area contributed by atoms with Gasteiger partial charge in [-0.1, -0.05) is 0 Å². The third-order valence-electron chi connectivity index (χ3n) is 4.95. The number of rotatable bonds is 3. The van der Waals surface area contributed by atoms with Crippen LogP contribution in [-0.4, -0.2) is 15.3 Å². The third-order valence-corrected chi connectivity index (χ3v) is 8.10. The molecule has 0 saturated heterocycles. The zero-order valence-electron chi connectivity index (χ0n) is 19.9. The van der Waals surface area contributed by atoms with Gasteiger partial charge in [0, 0.05) is 33.4 Å². The summed E-state index contributed by atoms with van der Waals surface area (Å²) in [4.78, 5) is 3.52. The molecule has 0 amide bonds. The quantitative estimate of drug-likeness (QED) is 0.176. The SMILES string of the molecule is Cc1cc(O)cc(C)c1[S+](c1c(C)cc(O)cc1C)c1c(C)cc(O)cc1C.F[P-](F)(F)(F)(F)F. The van der Waals surface area contributed by atoms with E-state index in [0.717, 1.165) is 33.4 Å². The molecule has 3 aromatic carbocycles. The third kappa shape index (κ3) is 8.25. The first kappa shape index (κ1) is 28.7. The molecule has 0 aliphatic rings. The van der Waals surface area contributed by atoms with E-state index in [1.165, 1.54) is 14.7 Å². The van der Waals surface area contributed by atoms with Crippen molar-refractivity contribution in [1.29, 1.82) is 0 Å². The molecular weight excluding hydrogens is 513 g/mol. The number of aromatic hydroxyl groups is 3. The number of phenolic OH excluding ortho intramolecular Hbond substituents is 3. The van der Waals surface area contributed by atoms with Gasteiger partial charge in [-0.15, -0.1) is 0 Å². The van der Waals surface area contributed by atoms with E-state index in [0.29, 0.717) is 0 Å². The standard InChI is InChI=1S/C24H26O3S.F6P/c1-13-7-19(25)8-14(2)22(13)28(23-15(3)9-20(26)10-16(23)4)24-17(5)11-21(27)12-18(24)6;1-7(2,3,4,5)6/h7-12H,1-6H3,(H2-,25,26,27);/q;-1/p+1. The molecule has 0 radical (unpaired) electrons. The van der Waals surface area contributed by atoms with Gasteiger partial charge >= 0.3 is 33.0 Å². The molecule has 0 unspecified atom stereocenters. The van der Waals surface area contributed by atoms with Crippen LogP contribution < -0.4 is 0 Å². The summed E-state index contributed by atoms with van der Waals surface area (Å²) < 4.78 is 59.2. The Bertz CT molecular complexity index is 1070. The second-order valence-corrected chi connectivity index (χ2v) is 12.2. The van der Waals surface area contributed by atoms with E-state index in [9.17, 15) is 40.5 Å². The first-order chi connectivity index (χ1) is 15.5. The molecule has 0 aliphatic carbocycles. The van der Waals surface area contributed by atoms with Gasteiger partial charge in [0.05, 0.1) is 0 Å². The average Bonchev–Trinajstić information content (AvgIpc) is 2.55. The van der Waals surface area contributed by atoms with E-state index in [-0.39, 0.29) is 17.2 Å². The Morgan fingerprint density at radius 2 is 0.600 bits per heavy atom. The fourth-order valence-corrected chi connectivity index (χ4v) is 6.95. The summed E-state index contributed by atoms with van der Waals surface area (Å²) in [5.74, 6) is 0.793. The molecule has 3 aromatic rings. The van der Waals surface area contributed by atoms with Gasteiger partial charge in [0.1, 0.15) is 28.1 Å². The van der Waals surface area contributed by atoms with Crippen LogP contribution in [0.1, 0.15) is 33.4 Å². The Hall–Kier alpha value is -2.58. The Kier molecular flexibility index (Phi) is 7.22. The molecule has 0 fully saturated rings. The molecule has 3 N–H and O–H groups in total. The van der Waals surface area contributed by atoms with E-state index < -0.39 is 18.7 Å². The van der Waals surface area contributed by atoms with E-state index in [1.807, 2.05) is 41.5 Å². The van der Waals surface area contributed by atoms with Crippen molar-refractivity contribution in [3.63, 3.8) is 0 Å². The van der Waals surface area contributed by atoms with Crippen LogP contribution in [0.5, 0.6) is 17.2 Å². The maximum atomic E-state index is 10.1. The zero-order valence-corrected chi connectivity index (χ0v) is 21.6. The molecule has 0 spiro atoms. The molecule has 3 rings (SSSR count). The topological polar surface area (TPSA) is 60.7 Å². The van der Waals surface area contributed by atoms with E-state index in [2.05, 4.69) is 0 Å². The molecule has 11 heteroatoms. The molecule has 0 atom stereocenters. The minimum atomic E-state index is -10.7. The molecule has 0 aliphatic heterocycles. The van der Waals surface area contributed by atoms with Crippen molar-refractivity contribution in [1.82, 2.24) is 0 Å². The molecule has 35 heavy (non-hydrogen) atoms. The fourth-order valence-electron chi connectivity index (χ4n) is 4.05. The van der Waals surface area contributed by atoms with Crippen molar-refractivity contribution in [2.75, 3.05) is 0 Å². The minimum absolute atomic E-state index is 0.264. The molecular formula is C24H27F6O3PS. The van der Waals surface area contributed by atoms with E-state index in [1.54, 1.807) is 36.4 Å². The van der Waals surface area contributed by atoms with Crippen molar-refractivity contribution in [3.8, 4) is 17.2 Å². The van der Waals surface area contributed by atoms with Gasteiger partial charge in [-0.25, -0.2) is 0 Å². The average molecular weight is 541 g/mol. The van der Waals surface area contributed by atoms with E-state index >= 15 is 0 Å². The van der Waals surface area contributed by atoms with Crippen LogP contribution in [0.2, 0.25) is 0 Å². The maximum absolute atomic E-state index is 10.7. The van der Waals surface area contributed by atoms with Gasteiger partial charge in [-0.3, -0.25) is 0 Å². The van der Waals surface area contributed by atoms with Crippen molar-refractivity contribution in [2.24, 2.45) is 0 Å². The number of halogens is 6. The Balaban J connectivity index is 0.000000540. The van der Waals surface area contributed by atoms with Crippen LogP contribution in [0.25, 0.3) is 0 Å². The summed E-state index contributed by atoms with van der Waals surface area (Å²) in [6.07, 6.45) is 0. The predicted octanol–water partition coefficient (Wildman–Crippen LogP) is 9.13. The number of hydrogen-bond donors (Lipinski definition) is 3. The van der Waals surface area contributed by atoms with Crippen LogP contribution in [-0.2, 0) is 10.9 Å². The van der Waals surface area contributed by atoms with Crippen molar-refractivity contribution >= 4 is 18.7 Å². The van der Waals surface area contributed by atoms with Crippen molar-refractivity contribution in [2.45, 2.75) is 56.2 Å². The van der Waals surface area contributed by atoms with Crippen molar-refractivity contribution < 1.29 is 40.5 Å². The monoisotopic (exact) mass is 540 g/mol. The van der Waals surface area contributed by atoms with Gasteiger partial charge in [0.2, 0.25) is 0 Å². The van der Waals surface area contributed by atoms with Gasteiger partial charge in [-0.2, -0.15) is 0 Å². The normalized spacial score (nSPS) is 13.6. The summed E-state index contributed by atoms with van der Waals surface area (Å²) in [5, 5.41) is 30.2. The Labute approximate surface area is 202 Å². The predicted molar refractivity (Wildman–Crippen MR) is 128 cm³/mol. The summed E-state index contributed by atoms with van der Waals surface area (Å²) in [5.41, 5.74) is 6.16. The van der Waals surface area contributed by atoms with Crippen LogP contribution in [0, 0.1) is 41.5 Å². The summed E-state index contributed by atoms with van der Waals surface area (Å²) in [6.45, 7) is 12.2. The van der Waals surface area contributed by atoms with E-state index in [4.69, 9.17) is 0 Å². The Morgan fingerprint density at radius 3 is 0.743 bits per heavy atom. The molecule has 0 bridgehead atoms. The van der Waals surface area contributed by atoms with Gasteiger partial charge in [-0.05, 0) is 77.9 Å². The number of benzene rings is 3. The summed E-state index contributed by atoms with van der Waals surface area (Å²) >= 11 is 0. The molecule has 3 nitrogen and oxygen atoms in total. The second kappa shape index (κ2) is 8.82. The zero-order chi connectivity index (χ0) is 27.2. The van der Waals surface area contributed by atoms with Crippen molar-refractivity contribution in [3.05, 3.63) is 69.8 Å². The molecule has 0 heterocycles. The van der Waals surface area contributed by atoms with Crippen LogP contribution in [0.3, 0.4) is 0 Å². The molecule has 0 aromatic heterocycles. The molecule has 194 valence electrons. The number of hydrogen-bond acceptors (Lipinski definition) is 3. The molecule has 0 saturated carbocycles. The first-order valence-electron chi connectivity index (χ1n) is 10.3. The van der Waals surface area contributed by atoms with Gasteiger partial charge in [0.25, 0.3) is 0 Å². The van der Waals surface area contributed by atoms with Crippen LogP contribution in [0.4, 0.5) is 25.2 Å². The fraction of sp³-hybridized carbons (Fsp3) is 0.250. The van der Waals surface area contributed by atoms with Gasteiger partial charge < -0.3 is 15.3 Å². The van der Waals surface area contributed by atoms with Gasteiger partial charge in [0.15, 0.2) is 14.7 Å². The summed E-state index contributed by atoms with van der Waals surface area (Å²) in [6, 6.07) is 10.8. The second-order valence-electron chi connectivity index (χ2n) is 8.49. The number of phenols is 3. The Morgan fingerprint density at radius 1 is 0.457 bits per heavy atom. The van der Waals surface area contributed by atoms with Crippen LogP contribution >= 0.6 is 7.81 Å². The first-order valence-corrected chi connectivity index (χ1v) is 13.5. The number of aryl methyl sites for hydroxylation is 6. The summed E-state index contributed by atoms with van der Waals surface area (Å²) in [7, 11) is -11.1.